The zero-order valence-corrected chi connectivity index (χ0v) is 14.7. The number of hydrogen-bond donors (Lipinski definition) is 2. The molecule has 0 atom stereocenters. The lowest BCUT2D eigenvalue weighted by Crippen LogP contribution is -2.47. The topological polar surface area (TPSA) is 35.5 Å². The Hall–Kier alpha value is -0.120. The average Bonchev–Trinajstić information content (AvgIpc) is 2.45. The molecule has 0 heterocycles. The zero-order valence-electron chi connectivity index (χ0n) is 14.7. The molecule has 0 aromatic heterocycles. The second kappa shape index (κ2) is 10.6. The molecule has 1 saturated carbocycles. The van der Waals surface area contributed by atoms with Gasteiger partial charge in [0.25, 0.3) is 0 Å². The molecule has 2 N–H and O–H groups in total. The van der Waals surface area contributed by atoms with Gasteiger partial charge in [0, 0.05) is 19.6 Å². The summed E-state index contributed by atoms with van der Waals surface area (Å²) in [5, 5.41) is 13.1. The summed E-state index contributed by atoms with van der Waals surface area (Å²) >= 11 is 0. The second-order valence-electron chi connectivity index (χ2n) is 7.44. The van der Waals surface area contributed by atoms with Crippen LogP contribution in [0.5, 0.6) is 0 Å². The molecule has 0 radical (unpaired) electrons. The minimum Gasteiger partial charge on any atom is -0.395 e. The molecule has 0 aliphatic heterocycles. The van der Waals surface area contributed by atoms with Crippen LogP contribution in [0.4, 0.5) is 0 Å². The first-order valence-electron chi connectivity index (χ1n) is 9.16. The Morgan fingerprint density at radius 2 is 1.86 bits per heavy atom. The van der Waals surface area contributed by atoms with E-state index in [9.17, 15) is 5.11 Å². The van der Waals surface area contributed by atoms with Crippen LogP contribution in [0.25, 0.3) is 0 Å². The van der Waals surface area contributed by atoms with Crippen LogP contribution in [0, 0.1) is 11.3 Å². The van der Waals surface area contributed by atoms with Gasteiger partial charge in [0.2, 0.25) is 0 Å². The molecular weight excluding hydrogens is 260 g/mol. The Morgan fingerprint density at radius 1 is 1.14 bits per heavy atom. The Bertz CT molecular complexity index is 250. The van der Waals surface area contributed by atoms with Crippen molar-refractivity contribution in [2.24, 2.45) is 11.3 Å². The van der Waals surface area contributed by atoms with Gasteiger partial charge in [-0.1, -0.05) is 46.5 Å². The number of aliphatic hydroxyl groups is 1. The molecule has 0 spiro atoms. The summed E-state index contributed by atoms with van der Waals surface area (Å²) in [6.07, 6.45) is 9.35. The van der Waals surface area contributed by atoms with Gasteiger partial charge in [-0.15, -0.1) is 0 Å². The van der Waals surface area contributed by atoms with Gasteiger partial charge in [0.15, 0.2) is 0 Å². The summed E-state index contributed by atoms with van der Waals surface area (Å²) < 4.78 is 0. The Morgan fingerprint density at radius 3 is 2.43 bits per heavy atom. The summed E-state index contributed by atoms with van der Waals surface area (Å²) in [5.74, 6) is 0.722. The Kier molecular flexibility index (Phi) is 9.54. The largest absolute Gasteiger partial charge is 0.395 e. The number of hydrogen-bond acceptors (Lipinski definition) is 3. The first-order chi connectivity index (χ1) is 10.1. The van der Waals surface area contributed by atoms with Crippen LogP contribution in [0.2, 0.25) is 0 Å². The fourth-order valence-electron chi connectivity index (χ4n) is 3.59. The molecule has 0 aromatic rings. The fraction of sp³-hybridized carbons (Fsp3) is 1.00. The first-order valence-corrected chi connectivity index (χ1v) is 9.16. The van der Waals surface area contributed by atoms with Crippen LogP contribution in [0.15, 0.2) is 0 Å². The van der Waals surface area contributed by atoms with Crippen molar-refractivity contribution in [2.45, 2.75) is 65.7 Å². The van der Waals surface area contributed by atoms with Crippen LogP contribution in [-0.4, -0.2) is 49.3 Å². The number of unbranched alkanes of at least 4 members (excludes halogenated alkanes) is 1. The third-order valence-electron chi connectivity index (χ3n) is 4.77. The van der Waals surface area contributed by atoms with E-state index in [2.05, 4.69) is 31.0 Å². The van der Waals surface area contributed by atoms with E-state index in [4.69, 9.17) is 0 Å². The minimum absolute atomic E-state index is 0.291. The molecule has 1 aliphatic carbocycles. The van der Waals surface area contributed by atoms with Crippen molar-refractivity contribution in [1.82, 2.24) is 10.2 Å². The predicted octanol–water partition coefficient (Wildman–Crippen LogP) is 3.28. The molecule has 0 unspecified atom stereocenters. The van der Waals surface area contributed by atoms with Crippen molar-refractivity contribution in [3.63, 3.8) is 0 Å². The van der Waals surface area contributed by atoms with Gasteiger partial charge >= 0.3 is 0 Å². The van der Waals surface area contributed by atoms with Crippen molar-refractivity contribution in [3.05, 3.63) is 0 Å². The van der Waals surface area contributed by atoms with E-state index in [0.29, 0.717) is 12.0 Å². The molecule has 1 fully saturated rings. The van der Waals surface area contributed by atoms with E-state index in [1.807, 2.05) is 0 Å². The SMILES string of the molecule is CCCCN(CCO)CC1(CNCC(C)C)CCCCC1. The van der Waals surface area contributed by atoms with E-state index in [0.717, 1.165) is 32.1 Å². The second-order valence-corrected chi connectivity index (χ2v) is 7.44. The first kappa shape index (κ1) is 18.9. The predicted molar refractivity (Wildman–Crippen MR) is 91.7 cm³/mol. The Labute approximate surface area is 132 Å². The Balaban J connectivity index is 2.56. The molecule has 3 heteroatoms. The van der Waals surface area contributed by atoms with Gasteiger partial charge in [0.05, 0.1) is 6.61 Å². The van der Waals surface area contributed by atoms with Crippen molar-refractivity contribution in [2.75, 3.05) is 39.3 Å². The molecule has 0 aromatic carbocycles. The smallest absolute Gasteiger partial charge is 0.0558 e. The van der Waals surface area contributed by atoms with Gasteiger partial charge in [0.1, 0.15) is 0 Å². The standard InChI is InChI=1S/C18H38N2O/c1-4-5-11-20(12-13-21)16-18(9-7-6-8-10-18)15-19-14-17(2)3/h17,19,21H,4-16H2,1-3H3. The van der Waals surface area contributed by atoms with Crippen LogP contribution in [0.3, 0.4) is 0 Å². The van der Waals surface area contributed by atoms with Crippen molar-refractivity contribution in [3.8, 4) is 0 Å². The van der Waals surface area contributed by atoms with E-state index in [1.54, 1.807) is 0 Å². The lowest BCUT2D eigenvalue weighted by molar-refractivity contribution is 0.0872. The summed E-state index contributed by atoms with van der Waals surface area (Å²) in [7, 11) is 0. The third kappa shape index (κ3) is 7.62. The van der Waals surface area contributed by atoms with Gasteiger partial charge in [-0.05, 0) is 43.7 Å². The van der Waals surface area contributed by atoms with Crippen LogP contribution in [-0.2, 0) is 0 Å². The third-order valence-corrected chi connectivity index (χ3v) is 4.77. The molecule has 1 rings (SSSR count). The molecular formula is C18H38N2O. The normalized spacial score (nSPS) is 18.6. The summed E-state index contributed by atoms with van der Waals surface area (Å²) in [4.78, 5) is 2.51. The van der Waals surface area contributed by atoms with Gasteiger partial charge in [-0.3, -0.25) is 0 Å². The monoisotopic (exact) mass is 298 g/mol. The molecule has 0 saturated heterocycles. The van der Waals surface area contributed by atoms with E-state index < -0.39 is 0 Å². The van der Waals surface area contributed by atoms with Crippen molar-refractivity contribution < 1.29 is 5.11 Å². The van der Waals surface area contributed by atoms with Crippen LogP contribution < -0.4 is 5.32 Å². The maximum absolute atomic E-state index is 9.34. The number of nitrogens with zero attached hydrogens (tertiary/aromatic N) is 1. The van der Waals surface area contributed by atoms with Crippen molar-refractivity contribution in [1.29, 1.82) is 0 Å². The highest BCUT2D eigenvalue weighted by molar-refractivity contribution is 4.88. The highest BCUT2D eigenvalue weighted by Gasteiger charge is 2.33. The maximum Gasteiger partial charge on any atom is 0.0558 e. The summed E-state index contributed by atoms with van der Waals surface area (Å²) in [6.45, 7) is 12.5. The van der Waals surface area contributed by atoms with E-state index in [-0.39, 0.29) is 0 Å². The minimum atomic E-state index is 0.291. The van der Waals surface area contributed by atoms with Gasteiger partial charge < -0.3 is 15.3 Å². The lowest BCUT2D eigenvalue weighted by Gasteiger charge is -2.41. The van der Waals surface area contributed by atoms with Crippen molar-refractivity contribution >= 4 is 0 Å². The molecule has 0 bridgehead atoms. The number of rotatable bonds is 11. The quantitative estimate of drug-likeness (QED) is 0.614. The molecule has 21 heavy (non-hydrogen) atoms. The van der Waals surface area contributed by atoms with Gasteiger partial charge in [-0.2, -0.15) is 0 Å². The van der Waals surface area contributed by atoms with Crippen LogP contribution >= 0.6 is 0 Å². The van der Waals surface area contributed by atoms with E-state index >= 15 is 0 Å². The highest BCUT2D eigenvalue weighted by Crippen LogP contribution is 2.36. The molecule has 126 valence electrons. The fourth-order valence-corrected chi connectivity index (χ4v) is 3.59. The molecule has 1 aliphatic rings. The number of nitrogens with one attached hydrogen (secondary N) is 1. The number of aliphatic hydroxyl groups excluding tert-OH is 1. The van der Waals surface area contributed by atoms with Crippen LogP contribution in [0.1, 0.15) is 65.7 Å². The molecule has 3 nitrogen and oxygen atoms in total. The molecule has 0 amide bonds. The maximum atomic E-state index is 9.34. The summed E-state index contributed by atoms with van der Waals surface area (Å²) in [5.41, 5.74) is 0.441. The highest BCUT2D eigenvalue weighted by atomic mass is 16.3. The van der Waals surface area contributed by atoms with Gasteiger partial charge in [-0.25, -0.2) is 0 Å². The summed E-state index contributed by atoms with van der Waals surface area (Å²) in [6, 6.07) is 0. The lowest BCUT2D eigenvalue weighted by atomic mass is 9.73. The average molecular weight is 299 g/mol. The zero-order chi connectivity index (χ0) is 15.6. The van der Waals surface area contributed by atoms with E-state index in [1.165, 1.54) is 51.5 Å².